The molecule has 0 amide bonds. The van der Waals surface area contributed by atoms with E-state index in [-0.39, 0.29) is 0 Å². The van der Waals surface area contributed by atoms with E-state index < -0.39 is 0 Å². The molecular weight excluding hydrogens is 264 g/mol. The molecule has 0 heterocycles. The monoisotopic (exact) mass is 294 g/mol. The molecule has 1 aromatic carbocycles. The molecule has 118 valence electrons. The van der Waals surface area contributed by atoms with Crippen LogP contribution in [0.25, 0.3) is 0 Å². The van der Waals surface area contributed by atoms with Crippen LogP contribution in [0.15, 0.2) is 77.9 Å². The largest absolute Gasteiger partial charge is 0.0988 e. The summed E-state index contributed by atoms with van der Waals surface area (Å²) in [6, 6.07) is 10.6. The highest BCUT2D eigenvalue weighted by molar-refractivity contribution is 5.23. The standard InChI is InChI=1S/C22H30/c1-5-21(17-18-22-14-7-6-8-15-22)16-10-13-20(4)12-9-11-19(2)3/h5-8,11,13-15,17H,1,9-10,12,16,18H2,2-4H3/b20-13+,21-17+. The number of rotatable bonds is 9. The molecule has 0 aromatic heterocycles. The quantitative estimate of drug-likeness (QED) is 0.346. The first-order chi connectivity index (χ1) is 10.6. The van der Waals surface area contributed by atoms with Crippen LogP contribution >= 0.6 is 0 Å². The van der Waals surface area contributed by atoms with Crippen LogP contribution in [0, 0.1) is 0 Å². The van der Waals surface area contributed by atoms with Crippen LogP contribution < -0.4 is 0 Å². The minimum atomic E-state index is 0.992. The maximum Gasteiger partial charge on any atom is -0.00916 e. The van der Waals surface area contributed by atoms with Gasteiger partial charge in [-0.25, -0.2) is 0 Å². The van der Waals surface area contributed by atoms with Gasteiger partial charge in [-0.15, -0.1) is 0 Å². The van der Waals surface area contributed by atoms with Crippen LogP contribution in [0.3, 0.4) is 0 Å². The summed E-state index contributed by atoms with van der Waals surface area (Å²) in [5, 5.41) is 0. The summed E-state index contributed by atoms with van der Waals surface area (Å²) in [4.78, 5) is 0. The minimum Gasteiger partial charge on any atom is -0.0988 e. The van der Waals surface area contributed by atoms with Gasteiger partial charge in [-0.05, 0) is 58.4 Å². The molecule has 1 rings (SSSR count). The van der Waals surface area contributed by atoms with Gasteiger partial charge in [0.2, 0.25) is 0 Å². The summed E-state index contributed by atoms with van der Waals surface area (Å²) >= 11 is 0. The Morgan fingerprint density at radius 3 is 2.23 bits per heavy atom. The molecule has 0 nitrogen and oxygen atoms in total. The third-order valence-electron chi connectivity index (χ3n) is 3.72. The molecule has 0 aliphatic heterocycles. The average Bonchev–Trinajstić information content (AvgIpc) is 2.51. The van der Waals surface area contributed by atoms with E-state index in [0.29, 0.717) is 0 Å². The molecule has 0 aliphatic carbocycles. The smallest absolute Gasteiger partial charge is 0.00916 e. The molecule has 0 saturated heterocycles. The molecule has 0 saturated carbocycles. The molecule has 0 unspecified atom stereocenters. The Hall–Kier alpha value is -1.82. The van der Waals surface area contributed by atoms with E-state index in [1.165, 1.54) is 28.7 Å². The summed E-state index contributed by atoms with van der Waals surface area (Å²) in [7, 11) is 0. The van der Waals surface area contributed by atoms with Gasteiger partial charge in [-0.2, -0.15) is 0 Å². The topological polar surface area (TPSA) is 0 Å². The fourth-order valence-electron chi connectivity index (χ4n) is 2.33. The first-order valence-electron chi connectivity index (χ1n) is 8.26. The van der Waals surface area contributed by atoms with E-state index in [2.05, 4.69) is 75.9 Å². The molecule has 0 bridgehead atoms. The second kappa shape index (κ2) is 10.8. The first-order valence-corrected chi connectivity index (χ1v) is 8.26. The van der Waals surface area contributed by atoms with Crippen LogP contribution in [0.5, 0.6) is 0 Å². The third kappa shape index (κ3) is 8.46. The zero-order valence-corrected chi connectivity index (χ0v) is 14.4. The zero-order valence-electron chi connectivity index (χ0n) is 14.4. The SMILES string of the molecule is C=C/C(=C\Cc1ccccc1)CC/C=C(\C)CCC=C(C)C. The van der Waals surface area contributed by atoms with Crippen LogP contribution in [0.1, 0.15) is 52.0 Å². The second-order valence-corrected chi connectivity index (χ2v) is 6.08. The lowest BCUT2D eigenvalue weighted by molar-refractivity contribution is 0.925. The zero-order chi connectivity index (χ0) is 16.2. The molecule has 22 heavy (non-hydrogen) atoms. The highest BCUT2D eigenvalue weighted by Gasteiger charge is 1.94. The van der Waals surface area contributed by atoms with Crippen LogP contribution in [0.4, 0.5) is 0 Å². The molecule has 0 heteroatoms. The molecule has 0 atom stereocenters. The van der Waals surface area contributed by atoms with Crippen LogP contribution in [-0.4, -0.2) is 0 Å². The van der Waals surface area contributed by atoms with Crippen molar-refractivity contribution in [1.29, 1.82) is 0 Å². The number of hydrogen-bond acceptors (Lipinski definition) is 0. The Kier molecular flexibility index (Phi) is 8.98. The van der Waals surface area contributed by atoms with Gasteiger partial charge in [-0.3, -0.25) is 0 Å². The van der Waals surface area contributed by atoms with Gasteiger partial charge in [0, 0.05) is 0 Å². The summed E-state index contributed by atoms with van der Waals surface area (Å²) in [6.07, 6.45) is 14.5. The van der Waals surface area contributed by atoms with Crippen molar-refractivity contribution in [3.05, 3.63) is 83.5 Å². The van der Waals surface area contributed by atoms with Crippen molar-refractivity contribution in [2.24, 2.45) is 0 Å². The van der Waals surface area contributed by atoms with Crippen molar-refractivity contribution in [3.8, 4) is 0 Å². The van der Waals surface area contributed by atoms with Crippen molar-refractivity contribution in [2.45, 2.75) is 52.9 Å². The molecule has 0 radical (unpaired) electrons. The molecular formula is C22H30. The van der Waals surface area contributed by atoms with Gasteiger partial charge in [0.25, 0.3) is 0 Å². The highest BCUT2D eigenvalue weighted by atomic mass is 14.0. The summed E-state index contributed by atoms with van der Waals surface area (Å²) < 4.78 is 0. The lowest BCUT2D eigenvalue weighted by atomic mass is 10.0. The van der Waals surface area contributed by atoms with E-state index in [1.807, 2.05) is 6.08 Å². The van der Waals surface area contributed by atoms with Crippen LogP contribution in [-0.2, 0) is 6.42 Å². The maximum absolute atomic E-state index is 3.94. The predicted molar refractivity (Wildman–Crippen MR) is 100 cm³/mol. The van der Waals surface area contributed by atoms with E-state index in [9.17, 15) is 0 Å². The van der Waals surface area contributed by atoms with Gasteiger partial charge in [0.15, 0.2) is 0 Å². The lowest BCUT2D eigenvalue weighted by Gasteiger charge is -2.03. The Morgan fingerprint density at radius 2 is 1.59 bits per heavy atom. The van der Waals surface area contributed by atoms with Gasteiger partial charge in [0.1, 0.15) is 0 Å². The van der Waals surface area contributed by atoms with Crippen molar-refractivity contribution >= 4 is 0 Å². The number of benzene rings is 1. The maximum atomic E-state index is 3.94. The molecule has 1 aromatic rings. The predicted octanol–water partition coefficient (Wildman–Crippen LogP) is 6.81. The molecule has 0 N–H and O–H groups in total. The van der Waals surface area contributed by atoms with Crippen molar-refractivity contribution < 1.29 is 0 Å². The summed E-state index contributed by atoms with van der Waals surface area (Å²) in [5.41, 5.74) is 5.60. The van der Waals surface area contributed by atoms with Gasteiger partial charge < -0.3 is 0 Å². The Balaban J connectivity index is 2.40. The summed E-state index contributed by atoms with van der Waals surface area (Å²) in [5.74, 6) is 0. The van der Waals surface area contributed by atoms with Crippen molar-refractivity contribution in [1.82, 2.24) is 0 Å². The normalized spacial score (nSPS) is 12.1. The fraction of sp³-hybridized carbons (Fsp3) is 0.364. The third-order valence-corrected chi connectivity index (χ3v) is 3.72. The number of hydrogen-bond donors (Lipinski definition) is 0. The van der Waals surface area contributed by atoms with Crippen molar-refractivity contribution in [3.63, 3.8) is 0 Å². The highest BCUT2D eigenvalue weighted by Crippen LogP contribution is 2.13. The van der Waals surface area contributed by atoms with Gasteiger partial charge in [-0.1, -0.05) is 77.9 Å². The van der Waals surface area contributed by atoms with E-state index >= 15 is 0 Å². The van der Waals surface area contributed by atoms with Crippen LogP contribution in [0.2, 0.25) is 0 Å². The average molecular weight is 294 g/mol. The second-order valence-electron chi connectivity index (χ2n) is 6.08. The Labute approximate surface area is 137 Å². The number of allylic oxidation sites excluding steroid dienone is 7. The molecule has 0 spiro atoms. The van der Waals surface area contributed by atoms with Gasteiger partial charge >= 0.3 is 0 Å². The Morgan fingerprint density at radius 1 is 0.909 bits per heavy atom. The lowest BCUT2D eigenvalue weighted by Crippen LogP contribution is -1.85. The van der Waals surface area contributed by atoms with E-state index in [1.54, 1.807) is 0 Å². The van der Waals surface area contributed by atoms with Gasteiger partial charge in [0.05, 0.1) is 0 Å². The molecule has 0 aliphatic rings. The summed E-state index contributed by atoms with van der Waals surface area (Å²) in [6.45, 7) is 10.5. The van der Waals surface area contributed by atoms with E-state index in [4.69, 9.17) is 0 Å². The van der Waals surface area contributed by atoms with Crippen molar-refractivity contribution in [2.75, 3.05) is 0 Å². The molecule has 0 fully saturated rings. The minimum absolute atomic E-state index is 0.992. The van der Waals surface area contributed by atoms with E-state index in [0.717, 1.165) is 25.7 Å². The first kappa shape index (κ1) is 18.2. The Bertz CT molecular complexity index is 522. The fourth-order valence-corrected chi connectivity index (χ4v) is 2.33.